The maximum absolute atomic E-state index is 12.9. The van der Waals surface area contributed by atoms with Crippen LogP contribution in [0.3, 0.4) is 0 Å². The third kappa shape index (κ3) is 10.1. The van der Waals surface area contributed by atoms with E-state index in [1.807, 2.05) is 0 Å². The van der Waals surface area contributed by atoms with E-state index in [4.69, 9.17) is 21.1 Å². The van der Waals surface area contributed by atoms with Gasteiger partial charge in [-0.15, -0.1) is 13.2 Å². The zero-order valence-electron chi connectivity index (χ0n) is 20.3. The summed E-state index contributed by atoms with van der Waals surface area (Å²) in [5, 5.41) is 1.39. The van der Waals surface area contributed by atoms with Crippen LogP contribution in [0, 0.1) is 5.41 Å². The first kappa shape index (κ1) is 30.9. The molecule has 6 nitrogen and oxygen atoms in total. The Morgan fingerprint density at radius 1 is 1.18 bits per heavy atom. The average Bonchev–Trinajstić information content (AvgIpc) is 3.15. The maximum atomic E-state index is 12.9. The minimum atomic E-state index is -4.37. The van der Waals surface area contributed by atoms with Crippen molar-refractivity contribution in [2.24, 2.45) is 5.41 Å². The molecule has 0 spiro atoms. The van der Waals surface area contributed by atoms with Gasteiger partial charge in [0, 0.05) is 6.20 Å². The van der Waals surface area contributed by atoms with E-state index in [1.54, 1.807) is 33.0 Å². The van der Waals surface area contributed by atoms with E-state index in [-0.39, 0.29) is 10.7 Å². The highest BCUT2D eigenvalue weighted by atomic mass is 35.5. The molecule has 0 bridgehead atoms. The number of carbonyl (C=O) groups is 1. The molecular weight excluding hydrogens is 459 g/mol. The number of hydrogen-bond donors (Lipinski definition) is 1. The van der Waals surface area contributed by atoms with Gasteiger partial charge >= 0.3 is 12.1 Å². The number of hydrazine groups is 1. The molecule has 1 unspecified atom stereocenters. The Kier molecular flexibility index (Phi) is 12.1. The lowest BCUT2D eigenvalue weighted by Crippen LogP contribution is -2.42. The van der Waals surface area contributed by atoms with Crippen molar-refractivity contribution in [2.75, 3.05) is 11.6 Å². The second-order valence-corrected chi connectivity index (χ2v) is 9.03. The number of nitrogens with one attached hydrogen (secondary N) is 1. The molecule has 0 radical (unpaired) electrons. The lowest BCUT2D eigenvalue weighted by molar-refractivity contribution is -0.230. The van der Waals surface area contributed by atoms with Gasteiger partial charge in [-0.05, 0) is 52.8 Å². The molecule has 188 valence electrons. The van der Waals surface area contributed by atoms with Crippen molar-refractivity contribution in [3.05, 3.63) is 48.3 Å². The first-order valence-electron chi connectivity index (χ1n) is 10.4. The predicted molar refractivity (Wildman–Crippen MR) is 126 cm³/mol. The summed E-state index contributed by atoms with van der Waals surface area (Å²) in [6.07, 6.45) is -0.782. The van der Waals surface area contributed by atoms with Crippen LogP contribution < -0.4 is 10.4 Å². The van der Waals surface area contributed by atoms with Gasteiger partial charge in [-0.1, -0.05) is 31.9 Å². The van der Waals surface area contributed by atoms with Crippen LogP contribution in [0.25, 0.3) is 0 Å². The minimum Gasteiger partial charge on any atom is -0.456 e. The van der Waals surface area contributed by atoms with Crippen molar-refractivity contribution in [1.82, 2.24) is 10.4 Å². The highest BCUT2D eigenvalue weighted by molar-refractivity contribution is 6.32. The molecule has 0 amide bonds. The number of ether oxygens (including phenoxy) is 2. The molecule has 10 heteroatoms. The largest absolute Gasteiger partial charge is 0.456 e. The van der Waals surface area contributed by atoms with Gasteiger partial charge in [0.2, 0.25) is 0 Å². The van der Waals surface area contributed by atoms with Gasteiger partial charge in [0.05, 0.1) is 17.6 Å². The fourth-order valence-electron chi connectivity index (χ4n) is 2.05. The molecule has 2 rings (SSSR count). The Labute approximate surface area is 199 Å². The number of halogens is 4. The molecule has 1 aliphatic heterocycles. The van der Waals surface area contributed by atoms with Crippen LogP contribution in [0.4, 0.5) is 19.0 Å². The minimum absolute atomic E-state index is 0.0514. The zero-order chi connectivity index (χ0) is 26.0. The quantitative estimate of drug-likeness (QED) is 0.280. The van der Waals surface area contributed by atoms with E-state index in [0.717, 1.165) is 13.8 Å². The third-order valence-electron chi connectivity index (χ3n) is 3.77. The van der Waals surface area contributed by atoms with Gasteiger partial charge in [0.1, 0.15) is 22.8 Å². The summed E-state index contributed by atoms with van der Waals surface area (Å²) in [6, 6.07) is 3.00. The highest BCUT2D eigenvalue weighted by Gasteiger charge is 2.47. The molecule has 2 heterocycles. The normalized spacial score (nSPS) is 15.8. The number of rotatable bonds is 5. The van der Waals surface area contributed by atoms with Gasteiger partial charge in [-0.2, -0.15) is 18.6 Å². The first-order chi connectivity index (χ1) is 15.1. The van der Waals surface area contributed by atoms with E-state index in [0.29, 0.717) is 5.82 Å². The Balaban J connectivity index is 0.00000189. The average molecular weight is 494 g/mol. The van der Waals surface area contributed by atoms with Gasteiger partial charge in [0.15, 0.2) is 0 Å². The summed E-state index contributed by atoms with van der Waals surface area (Å²) in [5.74, 6) is -0.258. The van der Waals surface area contributed by atoms with Crippen LogP contribution in [-0.4, -0.2) is 35.6 Å². The van der Waals surface area contributed by atoms with E-state index >= 15 is 0 Å². The number of nitrogens with zero attached hydrogens (tertiary/aromatic N) is 2. The molecule has 0 fully saturated rings. The molecule has 1 atom stereocenters. The van der Waals surface area contributed by atoms with Crippen LogP contribution in [0.2, 0.25) is 5.15 Å². The standard InChI is InChI=1S/C18H23ClF3N3O3.C3H8.C2H4/c1-16(2,3)28-15(26)11-6-7-12(23-14(11)19)25-9-8-13(24-25)27-10-17(4,5)18(20,21)22;1-3-2;1-2/h6-9,13,24H,10H2,1-5H3;3H2,1-2H3;1-2H2. The second-order valence-electron chi connectivity index (χ2n) is 8.67. The maximum Gasteiger partial charge on any atom is 0.396 e. The monoisotopic (exact) mass is 493 g/mol. The number of hydrogen-bond acceptors (Lipinski definition) is 6. The van der Waals surface area contributed by atoms with Crippen molar-refractivity contribution in [2.45, 2.75) is 72.9 Å². The van der Waals surface area contributed by atoms with Crippen molar-refractivity contribution >= 4 is 23.4 Å². The van der Waals surface area contributed by atoms with Gasteiger partial charge in [-0.3, -0.25) is 5.01 Å². The molecule has 0 saturated carbocycles. The number of alkyl halides is 3. The van der Waals surface area contributed by atoms with Crippen LogP contribution in [-0.2, 0) is 9.47 Å². The Morgan fingerprint density at radius 3 is 2.18 bits per heavy atom. The van der Waals surface area contributed by atoms with Crippen LogP contribution in [0.1, 0.15) is 65.2 Å². The van der Waals surface area contributed by atoms with Crippen molar-refractivity contribution in [3.63, 3.8) is 0 Å². The zero-order valence-corrected chi connectivity index (χ0v) is 21.1. The number of esters is 1. The lowest BCUT2D eigenvalue weighted by atomic mass is 9.94. The SMILES string of the molecule is C=C.CC(C)(C)OC(=O)c1ccc(N2C=CC(OCC(C)(C)C(F)(F)F)N2)nc1Cl.CCC. The highest BCUT2D eigenvalue weighted by Crippen LogP contribution is 2.37. The summed E-state index contributed by atoms with van der Waals surface area (Å²) in [6.45, 7) is 17.1. The number of pyridine rings is 1. The lowest BCUT2D eigenvalue weighted by Gasteiger charge is -2.29. The topological polar surface area (TPSA) is 63.7 Å². The second kappa shape index (κ2) is 13.0. The molecule has 33 heavy (non-hydrogen) atoms. The molecule has 0 saturated heterocycles. The molecule has 0 aliphatic carbocycles. The molecule has 1 aromatic rings. The van der Waals surface area contributed by atoms with Crippen molar-refractivity contribution in [3.8, 4) is 0 Å². The Bertz CT molecular complexity index is 793. The Hall–Kier alpha value is -2.10. The van der Waals surface area contributed by atoms with E-state index in [1.165, 1.54) is 23.6 Å². The summed E-state index contributed by atoms with van der Waals surface area (Å²) >= 11 is 6.09. The first-order valence-corrected chi connectivity index (χ1v) is 10.8. The molecule has 0 aromatic carbocycles. The van der Waals surface area contributed by atoms with E-state index in [2.05, 4.69) is 37.4 Å². The van der Waals surface area contributed by atoms with Gasteiger partial charge in [0.25, 0.3) is 0 Å². The third-order valence-corrected chi connectivity index (χ3v) is 4.06. The number of aromatic nitrogens is 1. The summed E-state index contributed by atoms with van der Waals surface area (Å²) in [5.41, 5.74) is 0.302. The van der Waals surface area contributed by atoms with E-state index < -0.39 is 36.0 Å². The fourth-order valence-corrected chi connectivity index (χ4v) is 2.27. The van der Waals surface area contributed by atoms with Crippen LogP contribution in [0.5, 0.6) is 0 Å². The molecule has 1 aromatic heterocycles. The van der Waals surface area contributed by atoms with Gasteiger partial charge < -0.3 is 9.47 Å². The van der Waals surface area contributed by atoms with Gasteiger partial charge in [-0.25, -0.2) is 9.78 Å². The van der Waals surface area contributed by atoms with Crippen molar-refractivity contribution in [1.29, 1.82) is 0 Å². The van der Waals surface area contributed by atoms with Crippen LogP contribution in [0.15, 0.2) is 37.6 Å². The predicted octanol–water partition coefficient (Wildman–Crippen LogP) is 6.68. The Morgan fingerprint density at radius 2 is 1.73 bits per heavy atom. The van der Waals surface area contributed by atoms with E-state index in [9.17, 15) is 18.0 Å². The van der Waals surface area contributed by atoms with Crippen LogP contribution >= 0.6 is 11.6 Å². The summed E-state index contributed by atoms with van der Waals surface area (Å²) in [7, 11) is 0. The smallest absolute Gasteiger partial charge is 0.396 e. The number of anilines is 1. The summed E-state index contributed by atoms with van der Waals surface area (Å²) < 4.78 is 49.3. The molecule has 1 aliphatic rings. The molecular formula is C23H35ClF3N3O3. The molecule has 1 N–H and O–H groups in total. The van der Waals surface area contributed by atoms with Crippen molar-refractivity contribution < 1.29 is 27.4 Å². The summed E-state index contributed by atoms with van der Waals surface area (Å²) in [4.78, 5) is 16.3. The fraction of sp³-hybridized carbons (Fsp3) is 0.565. The number of carbonyl (C=O) groups excluding carboxylic acids is 1.